The van der Waals surface area contributed by atoms with Crippen molar-refractivity contribution < 1.29 is 19.4 Å². The number of methoxy groups -OCH3 is 1. The quantitative estimate of drug-likeness (QED) is 0.589. The highest BCUT2D eigenvalue weighted by molar-refractivity contribution is 5.88. The maximum absolute atomic E-state index is 11.2. The van der Waals surface area contributed by atoms with Crippen LogP contribution in [0, 0.1) is 16.7 Å². The number of aliphatic carboxylic acids is 1. The molecule has 0 radical (unpaired) electrons. The first-order valence-electron chi connectivity index (χ1n) is 5.19. The molecule has 0 aromatic rings. The van der Waals surface area contributed by atoms with Gasteiger partial charge in [0.2, 0.25) is 0 Å². The molecule has 1 aliphatic carbocycles. The molecule has 2 atom stereocenters. The molecule has 2 unspecified atom stereocenters. The number of carboxylic acids is 1. The van der Waals surface area contributed by atoms with Gasteiger partial charge in [-0.2, -0.15) is 0 Å². The minimum Gasteiger partial charge on any atom is -0.481 e. The van der Waals surface area contributed by atoms with Crippen molar-refractivity contribution >= 4 is 11.9 Å². The highest BCUT2D eigenvalue weighted by atomic mass is 16.5. The molecule has 16 heavy (non-hydrogen) atoms. The molecule has 1 N–H and O–H groups in total. The number of carboxylic acid groups (broad SMARTS) is 1. The van der Waals surface area contributed by atoms with Crippen LogP contribution in [0.5, 0.6) is 0 Å². The van der Waals surface area contributed by atoms with Gasteiger partial charge in [0.1, 0.15) is 0 Å². The summed E-state index contributed by atoms with van der Waals surface area (Å²) in [6.45, 7) is 7.14. The zero-order valence-electron chi connectivity index (χ0n) is 10.3. The summed E-state index contributed by atoms with van der Waals surface area (Å²) in [7, 11) is 1.31. The van der Waals surface area contributed by atoms with Crippen LogP contribution in [-0.2, 0) is 14.3 Å². The fourth-order valence-electron chi connectivity index (χ4n) is 2.29. The average Bonchev–Trinajstić information content (AvgIpc) is 2.63. The van der Waals surface area contributed by atoms with Crippen LogP contribution in [0.4, 0.5) is 0 Å². The fraction of sp³-hybridized carbons (Fsp3) is 0.667. The summed E-state index contributed by atoms with van der Waals surface area (Å²) >= 11 is 0. The lowest BCUT2D eigenvalue weighted by molar-refractivity contribution is -0.144. The van der Waals surface area contributed by atoms with Crippen LogP contribution in [0.3, 0.4) is 0 Å². The zero-order chi connectivity index (χ0) is 12.7. The minimum atomic E-state index is -0.823. The van der Waals surface area contributed by atoms with E-state index in [1.165, 1.54) is 7.11 Å². The third-order valence-electron chi connectivity index (χ3n) is 4.02. The van der Waals surface area contributed by atoms with Crippen molar-refractivity contribution in [3.63, 3.8) is 0 Å². The normalized spacial score (nSPS) is 32.1. The van der Waals surface area contributed by atoms with Crippen LogP contribution < -0.4 is 0 Å². The Labute approximate surface area is 95.3 Å². The van der Waals surface area contributed by atoms with E-state index in [4.69, 9.17) is 0 Å². The topological polar surface area (TPSA) is 63.6 Å². The minimum absolute atomic E-state index is 0.128. The fourth-order valence-corrected chi connectivity index (χ4v) is 2.29. The molecular formula is C12H18O4. The maximum atomic E-state index is 11.2. The molecular weight excluding hydrogens is 208 g/mol. The Balaban J connectivity index is 2.95. The van der Waals surface area contributed by atoms with Gasteiger partial charge in [0.15, 0.2) is 0 Å². The van der Waals surface area contributed by atoms with Crippen LogP contribution in [0.2, 0.25) is 0 Å². The van der Waals surface area contributed by atoms with Gasteiger partial charge in [0, 0.05) is 11.5 Å². The highest BCUT2D eigenvalue weighted by Gasteiger charge is 2.71. The number of ether oxygens (including phenoxy) is 1. The van der Waals surface area contributed by atoms with Gasteiger partial charge in [-0.3, -0.25) is 4.79 Å². The average molecular weight is 226 g/mol. The zero-order valence-corrected chi connectivity index (χ0v) is 10.3. The number of esters is 1. The lowest BCUT2D eigenvalue weighted by atomic mass is 9.99. The van der Waals surface area contributed by atoms with Crippen molar-refractivity contribution in [2.45, 2.75) is 27.7 Å². The van der Waals surface area contributed by atoms with Crippen LogP contribution in [0.1, 0.15) is 27.7 Å². The molecule has 0 amide bonds. The number of rotatable bonds is 3. The van der Waals surface area contributed by atoms with Crippen molar-refractivity contribution in [1.29, 1.82) is 0 Å². The second-order valence-corrected chi connectivity index (χ2v) is 5.05. The van der Waals surface area contributed by atoms with Crippen molar-refractivity contribution in [3.8, 4) is 0 Å². The molecule has 0 saturated heterocycles. The molecule has 4 heteroatoms. The van der Waals surface area contributed by atoms with Gasteiger partial charge in [-0.05, 0) is 19.3 Å². The smallest absolute Gasteiger partial charge is 0.333 e. The Bertz CT molecular complexity index is 367. The summed E-state index contributed by atoms with van der Waals surface area (Å²) < 4.78 is 4.58. The molecule has 0 aliphatic heterocycles. The van der Waals surface area contributed by atoms with Gasteiger partial charge >= 0.3 is 11.9 Å². The number of hydrogen-bond donors (Lipinski definition) is 1. The molecule has 0 bridgehead atoms. The second-order valence-electron chi connectivity index (χ2n) is 5.05. The number of hydrogen-bond acceptors (Lipinski definition) is 3. The Kier molecular flexibility index (Phi) is 2.88. The second kappa shape index (κ2) is 3.61. The van der Waals surface area contributed by atoms with Crippen molar-refractivity contribution in [2.75, 3.05) is 7.11 Å². The first-order valence-corrected chi connectivity index (χ1v) is 5.19. The molecule has 1 aliphatic rings. The maximum Gasteiger partial charge on any atom is 0.333 e. The number of carbonyl (C=O) groups is 2. The first kappa shape index (κ1) is 12.7. The van der Waals surface area contributed by atoms with Crippen molar-refractivity contribution in [1.82, 2.24) is 0 Å². The Morgan fingerprint density at radius 2 is 1.81 bits per heavy atom. The van der Waals surface area contributed by atoms with Gasteiger partial charge in [-0.25, -0.2) is 4.79 Å². The molecule has 90 valence electrons. The van der Waals surface area contributed by atoms with Crippen LogP contribution in [-0.4, -0.2) is 24.2 Å². The van der Waals surface area contributed by atoms with Crippen LogP contribution >= 0.6 is 0 Å². The monoisotopic (exact) mass is 226 g/mol. The van der Waals surface area contributed by atoms with Crippen molar-refractivity contribution in [3.05, 3.63) is 11.6 Å². The van der Waals surface area contributed by atoms with E-state index in [1.807, 2.05) is 13.8 Å². The van der Waals surface area contributed by atoms with E-state index in [0.29, 0.717) is 5.57 Å². The predicted octanol–water partition coefficient (Wildman–Crippen LogP) is 1.85. The molecule has 0 heterocycles. The van der Waals surface area contributed by atoms with Gasteiger partial charge in [-0.15, -0.1) is 0 Å². The third-order valence-corrected chi connectivity index (χ3v) is 4.02. The summed E-state index contributed by atoms with van der Waals surface area (Å²) in [5, 5.41) is 9.18. The van der Waals surface area contributed by atoms with E-state index in [-0.39, 0.29) is 11.3 Å². The van der Waals surface area contributed by atoms with Gasteiger partial charge < -0.3 is 9.84 Å². The Hall–Kier alpha value is -1.32. The van der Waals surface area contributed by atoms with E-state index in [2.05, 4.69) is 4.74 Å². The number of allylic oxidation sites excluding steroid dienone is 1. The van der Waals surface area contributed by atoms with E-state index in [1.54, 1.807) is 19.9 Å². The standard InChI is InChI=1S/C12H18O4/c1-7(9(13)16-5)6-8-11(2,3)12(8,4)10(14)15/h6,8H,1-5H3,(H,14,15)/b7-6+. The molecule has 1 saturated carbocycles. The van der Waals surface area contributed by atoms with Gasteiger partial charge in [-0.1, -0.05) is 19.9 Å². The predicted molar refractivity (Wildman–Crippen MR) is 58.8 cm³/mol. The molecule has 4 nitrogen and oxygen atoms in total. The summed E-state index contributed by atoms with van der Waals surface area (Å²) in [5.41, 5.74) is -0.651. The summed E-state index contributed by atoms with van der Waals surface area (Å²) in [6, 6.07) is 0. The summed E-state index contributed by atoms with van der Waals surface area (Å²) in [5.74, 6) is -1.36. The lowest BCUT2D eigenvalue weighted by Gasteiger charge is -2.06. The summed E-state index contributed by atoms with van der Waals surface area (Å²) in [4.78, 5) is 22.4. The van der Waals surface area contributed by atoms with Gasteiger partial charge in [0.25, 0.3) is 0 Å². The molecule has 0 spiro atoms. The van der Waals surface area contributed by atoms with Crippen LogP contribution in [0.25, 0.3) is 0 Å². The Morgan fingerprint density at radius 1 is 1.31 bits per heavy atom. The number of carbonyl (C=O) groups excluding carboxylic acids is 1. The highest BCUT2D eigenvalue weighted by Crippen LogP contribution is 2.69. The third kappa shape index (κ3) is 1.52. The SMILES string of the molecule is COC(=O)/C(C)=C/C1C(C)(C)C1(C)C(=O)O. The molecule has 1 rings (SSSR count). The summed E-state index contributed by atoms with van der Waals surface area (Å²) in [6.07, 6.45) is 1.71. The van der Waals surface area contributed by atoms with E-state index < -0.39 is 17.4 Å². The lowest BCUT2D eigenvalue weighted by Crippen LogP contribution is -2.17. The Morgan fingerprint density at radius 3 is 2.12 bits per heavy atom. The molecule has 0 aromatic heterocycles. The van der Waals surface area contributed by atoms with Gasteiger partial charge in [0.05, 0.1) is 12.5 Å². The van der Waals surface area contributed by atoms with E-state index in [9.17, 15) is 14.7 Å². The molecule has 0 aromatic carbocycles. The largest absolute Gasteiger partial charge is 0.481 e. The van der Waals surface area contributed by atoms with Crippen molar-refractivity contribution in [2.24, 2.45) is 16.7 Å². The molecule has 1 fully saturated rings. The van der Waals surface area contributed by atoms with Crippen LogP contribution in [0.15, 0.2) is 11.6 Å². The van der Waals surface area contributed by atoms with E-state index >= 15 is 0 Å². The van der Waals surface area contributed by atoms with E-state index in [0.717, 1.165) is 0 Å². The first-order chi connectivity index (χ1) is 7.19.